The van der Waals surface area contributed by atoms with E-state index in [2.05, 4.69) is 22.1 Å². The van der Waals surface area contributed by atoms with Gasteiger partial charge < -0.3 is 43.7 Å². The summed E-state index contributed by atoms with van der Waals surface area (Å²) in [5.74, 6) is 1.89. The van der Waals surface area contributed by atoms with E-state index in [-0.39, 0.29) is 26.4 Å². The third-order valence-corrected chi connectivity index (χ3v) is 14.2. The summed E-state index contributed by atoms with van der Waals surface area (Å²) in [6, 6.07) is 34.1. The molecule has 5 aliphatic heterocycles. The minimum Gasteiger partial charge on any atom is -0.491 e. The normalized spacial score (nSPS) is 23.3. The first-order valence-electron chi connectivity index (χ1n) is 23.6. The second kappa shape index (κ2) is 20.0. The van der Waals surface area contributed by atoms with E-state index in [4.69, 9.17) is 28.4 Å². The summed E-state index contributed by atoms with van der Waals surface area (Å²) in [4.78, 5) is 78.6. The van der Waals surface area contributed by atoms with Crippen molar-refractivity contribution >= 4 is 35.4 Å². The molecule has 3 saturated heterocycles. The van der Waals surface area contributed by atoms with E-state index in [9.17, 15) is 14.7 Å². The molecular weight excluding hydrogens is 909 g/mol. The van der Waals surface area contributed by atoms with Crippen molar-refractivity contribution in [1.29, 1.82) is 0 Å². The summed E-state index contributed by atoms with van der Waals surface area (Å²) >= 11 is 0. The van der Waals surface area contributed by atoms with Gasteiger partial charge in [0.15, 0.2) is 17.4 Å². The number of cyclic esters (lactones) is 1. The van der Waals surface area contributed by atoms with Crippen LogP contribution in [0.4, 0.5) is 5.69 Å². The molecule has 5 aliphatic rings. The number of methoxy groups -OCH3 is 2. The Morgan fingerprint density at radius 3 is 2.21 bits per heavy atom. The van der Waals surface area contributed by atoms with Crippen LogP contribution < -0.4 is 19.5 Å². The van der Waals surface area contributed by atoms with Gasteiger partial charge in [0, 0.05) is 56.0 Å². The fourth-order valence-electron chi connectivity index (χ4n) is 11.0. The van der Waals surface area contributed by atoms with Crippen LogP contribution in [-0.2, 0) is 50.1 Å². The smallest absolute Gasteiger partial charge is 0.324 e. The molecule has 5 aromatic rings. The molecule has 2 amide bonds. The zero-order valence-corrected chi connectivity index (χ0v) is 39.2. The average Bonchev–Trinajstić information content (AvgIpc) is 4.09. The lowest BCUT2D eigenvalue weighted by molar-refractivity contribution is -0.179. The number of hydrogen-bond donors (Lipinski definition) is 2. The predicted octanol–water partition coefficient (Wildman–Crippen LogP) is 5.11. The van der Waals surface area contributed by atoms with E-state index in [1.54, 1.807) is 35.2 Å². The van der Waals surface area contributed by atoms with Gasteiger partial charge in [-0.3, -0.25) is 33.8 Å². The van der Waals surface area contributed by atoms with E-state index >= 15 is 14.4 Å². The second-order valence-corrected chi connectivity index (χ2v) is 18.0. The van der Waals surface area contributed by atoms with Crippen molar-refractivity contribution in [2.75, 3.05) is 65.7 Å². The fraction of sp³-hybridized carbons (Fsp3) is 0.327. The molecular formula is C55H52N4O12. The molecule has 0 radical (unpaired) electrons. The summed E-state index contributed by atoms with van der Waals surface area (Å²) in [6.07, 6.45) is -1.11. The van der Waals surface area contributed by atoms with Crippen LogP contribution in [0.1, 0.15) is 58.0 Å². The van der Waals surface area contributed by atoms with Gasteiger partial charge in [-0.05, 0) is 58.7 Å². The summed E-state index contributed by atoms with van der Waals surface area (Å²) in [5, 5.41) is 13.2. The highest BCUT2D eigenvalue weighted by Crippen LogP contribution is 2.66. The molecule has 2 N–H and O–H groups in total. The van der Waals surface area contributed by atoms with Gasteiger partial charge in [-0.25, -0.2) is 0 Å². The van der Waals surface area contributed by atoms with Crippen LogP contribution in [0.25, 0.3) is 0 Å². The van der Waals surface area contributed by atoms with Crippen LogP contribution >= 0.6 is 0 Å². The summed E-state index contributed by atoms with van der Waals surface area (Å²) in [7, 11) is 2.35. The van der Waals surface area contributed by atoms with Crippen LogP contribution in [-0.4, -0.2) is 116 Å². The average molecular weight is 961 g/mol. The molecule has 5 heterocycles. The number of rotatable bonds is 12. The molecule has 5 aromatic carbocycles. The Bertz CT molecular complexity index is 2900. The third kappa shape index (κ3) is 8.49. The summed E-state index contributed by atoms with van der Waals surface area (Å²) in [5.41, 5.74) is 2.42. The minimum atomic E-state index is -1.85. The summed E-state index contributed by atoms with van der Waals surface area (Å²) in [6.45, 7) is 2.00. The molecule has 0 aromatic heterocycles. The maximum atomic E-state index is 16.1. The van der Waals surface area contributed by atoms with E-state index in [0.717, 1.165) is 11.1 Å². The number of carbonyl (C=O) groups is 5. The number of piperazine rings is 1. The molecule has 10 rings (SSSR count). The molecule has 0 saturated carbocycles. The number of carbonyl (C=O) groups excluding carboxylic acids is 5. The SMILES string of the molecule is COC(=O)C(CC#Cc1ccc2c(c1)C1(C(=O)N2)C(C(=O)N2CCN(Cc3ccc4c(c3)OCO4)CC2)C2C(=O)OC(c3ccccc3)C(c3ccccc3)N2C1c1ccccc1OCCO)C(=O)OC. The summed E-state index contributed by atoms with van der Waals surface area (Å²) < 4.78 is 33.8. The van der Waals surface area contributed by atoms with Gasteiger partial charge in [0.1, 0.15) is 29.9 Å². The van der Waals surface area contributed by atoms with E-state index in [1.165, 1.54) is 14.2 Å². The first kappa shape index (κ1) is 47.0. The number of hydrogen-bond acceptors (Lipinski definition) is 14. The topological polar surface area (TPSA) is 183 Å². The van der Waals surface area contributed by atoms with Crippen molar-refractivity contribution in [3.8, 4) is 29.1 Å². The largest absolute Gasteiger partial charge is 0.491 e. The molecule has 3 fully saturated rings. The zero-order chi connectivity index (χ0) is 49.2. The Hall–Kier alpha value is -7.71. The predicted molar refractivity (Wildman–Crippen MR) is 256 cm³/mol. The Morgan fingerprint density at radius 2 is 1.49 bits per heavy atom. The molecule has 364 valence electrons. The van der Waals surface area contributed by atoms with Gasteiger partial charge in [0.25, 0.3) is 0 Å². The lowest BCUT2D eigenvalue weighted by Gasteiger charge is -2.46. The number of morpholine rings is 1. The van der Waals surface area contributed by atoms with Crippen molar-refractivity contribution < 1.29 is 57.5 Å². The van der Waals surface area contributed by atoms with Crippen LogP contribution in [0.3, 0.4) is 0 Å². The van der Waals surface area contributed by atoms with Crippen molar-refractivity contribution in [1.82, 2.24) is 14.7 Å². The highest BCUT2D eigenvalue weighted by Gasteiger charge is 2.74. The number of anilines is 1. The molecule has 16 nitrogen and oxygen atoms in total. The number of fused-ring (bicyclic) bond motifs is 4. The number of nitrogens with one attached hydrogen (secondary N) is 1. The van der Waals surface area contributed by atoms with Crippen molar-refractivity contribution in [2.45, 2.75) is 42.6 Å². The van der Waals surface area contributed by atoms with Crippen molar-refractivity contribution in [2.24, 2.45) is 11.8 Å². The lowest BCUT2D eigenvalue weighted by atomic mass is 9.64. The Balaban J connectivity index is 1.14. The molecule has 1 spiro atoms. The zero-order valence-electron chi connectivity index (χ0n) is 39.2. The number of benzene rings is 5. The van der Waals surface area contributed by atoms with Crippen LogP contribution in [0, 0.1) is 23.7 Å². The second-order valence-electron chi connectivity index (χ2n) is 18.0. The third-order valence-electron chi connectivity index (χ3n) is 14.2. The number of ether oxygens (including phenoxy) is 6. The van der Waals surface area contributed by atoms with E-state index < -0.39 is 71.2 Å². The van der Waals surface area contributed by atoms with Crippen LogP contribution in [0.5, 0.6) is 17.2 Å². The molecule has 0 bridgehead atoms. The van der Waals surface area contributed by atoms with Crippen molar-refractivity contribution in [3.05, 3.63) is 155 Å². The number of aliphatic hydroxyl groups is 1. The first-order chi connectivity index (χ1) is 34.7. The maximum Gasteiger partial charge on any atom is 0.324 e. The lowest BCUT2D eigenvalue weighted by Crippen LogP contribution is -2.58. The van der Waals surface area contributed by atoms with E-state index in [1.807, 2.05) is 95.9 Å². The van der Waals surface area contributed by atoms with E-state index in [0.29, 0.717) is 77.9 Å². The molecule has 6 atom stereocenters. The molecule has 16 heteroatoms. The monoisotopic (exact) mass is 960 g/mol. The van der Waals surface area contributed by atoms with Crippen molar-refractivity contribution in [3.63, 3.8) is 0 Å². The van der Waals surface area contributed by atoms with Crippen LogP contribution in [0.2, 0.25) is 0 Å². The van der Waals surface area contributed by atoms with Gasteiger partial charge >= 0.3 is 17.9 Å². The quantitative estimate of drug-likeness (QED) is 0.0729. The Morgan fingerprint density at radius 1 is 0.803 bits per heavy atom. The Kier molecular flexibility index (Phi) is 13.2. The van der Waals surface area contributed by atoms with Gasteiger partial charge in [-0.2, -0.15) is 0 Å². The first-order valence-corrected chi connectivity index (χ1v) is 23.6. The van der Waals surface area contributed by atoms with Gasteiger partial charge in [-0.1, -0.05) is 96.8 Å². The minimum absolute atomic E-state index is 0.0729. The Labute approximate surface area is 410 Å². The van der Waals surface area contributed by atoms with Gasteiger partial charge in [0.05, 0.1) is 38.8 Å². The molecule has 0 aliphatic carbocycles. The fourth-order valence-corrected chi connectivity index (χ4v) is 11.0. The van der Waals surface area contributed by atoms with Gasteiger partial charge in [0.2, 0.25) is 18.6 Å². The maximum absolute atomic E-state index is 16.1. The van der Waals surface area contributed by atoms with Crippen LogP contribution in [0.15, 0.2) is 121 Å². The number of esters is 3. The number of para-hydroxylation sites is 1. The molecule has 6 unspecified atom stereocenters. The number of aliphatic hydroxyl groups excluding tert-OH is 1. The number of nitrogens with zero attached hydrogens (tertiary/aromatic N) is 3. The molecule has 71 heavy (non-hydrogen) atoms. The highest BCUT2D eigenvalue weighted by molar-refractivity contribution is 6.12. The standard InChI is InChI=1S/C55H52N4O12/c1-66-51(62)39(52(63)67-2)18-11-12-34-20-22-41-40(30-34)55(54(65)56-41)45(50(61)58-26-24-57(25-27-58)32-35-21-23-43-44(31-35)70-33-69-43)47-53(64)71-48(37-15-7-4-8-16-37)46(36-13-5-3-6-14-36)59(47)49(55)38-17-9-10-19-42(38)68-29-28-60/h3-10,13-17,19-23,30-31,39,45-49,60H,18,24-29,32-33H2,1-2H3,(H,56,65). The highest BCUT2D eigenvalue weighted by atomic mass is 16.7. The number of amides is 2. The van der Waals surface area contributed by atoms with Gasteiger partial charge in [-0.15, -0.1) is 0 Å².